The molecule has 0 heterocycles. The summed E-state index contributed by atoms with van der Waals surface area (Å²) in [6.45, 7) is 0.894. The van der Waals surface area contributed by atoms with E-state index in [2.05, 4.69) is 0 Å². The number of ether oxygens (including phenoxy) is 2. The minimum Gasteiger partial charge on any atom is -0.489 e. The standard InChI is InChI=1S/C16H17NO2S2/c1-21-15-9-5-4-8-14(15)19-11-10-18-13-7-3-2-6-12(13)16(17)20/h2-9H,10-11H2,1H3,(H2,17,20). The molecule has 2 aromatic carbocycles. The zero-order chi connectivity index (χ0) is 15.1. The van der Waals surface area contributed by atoms with Crippen LogP contribution in [-0.2, 0) is 0 Å². The smallest absolute Gasteiger partial charge is 0.133 e. The van der Waals surface area contributed by atoms with Crippen molar-refractivity contribution in [1.29, 1.82) is 0 Å². The number of rotatable bonds is 7. The first kappa shape index (κ1) is 15.7. The van der Waals surface area contributed by atoms with Crippen LogP contribution in [0.5, 0.6) is 11.5 Å². The molecule has 0 unspecified atom stereocenters. The van der Waals surface area contributed by atoms with E-state index in [1.807, 2.05) is 54.8 Å². The fourth-order valence-electron chi connectivity index (χ4n) is 1.84. The third-order valence-corrected chi connectivity index (χ3v) is 3.82. The van der Waals surface area contributed by atoms with Crippen molar-refractivity contribution >= 4 is 29.0 Å². The first-order valence-electron chi connectivity index (χ1n) is 6.50. The van der Waals surface area contributed by atoms with Gasteiger partial charge in [0, 0.05) is 4.90 Å². The third kappa shape index (κ3) is 4.37. The van der Waals surface area contributed by atoms with Crippen LogP contribution in [0.15, 0.2) is 53.4 Å². The van der Waals surface area contributed by atoms with Crippen molar-refractivity contribution in [2.45, 2.75) is 4.90 Å². The highest BCUT2D eigenvalue weighted by atomic mass is 32.2. The summed E-state index contributed by atoms with van der Waals surface area (Å²) in [5.74, 6) is 1.56. The Morgan fingerprint density at radius 1 is 1.00 bits per heavy atom. The quantitative estimate of drug-likeness (QED) is 0.481. The summed E-state index contributed by atoms with van der Waals surface area (Å²) in [5, 5.41) is 0. The Morgan fingerprint density at radius 3 is 2.24 bits per heavy atom. The van der Waals surface area contributed by atoms with Gasteiger partial charge in [-0.15, -0.1) is 11.8 Å². The Hall–Kier alpha value is -1.72. The summed E-state index contributed by atoms with van der Waals surface area (Å²) < 4.78 is 11.4. The van der Waals surface area contributed by atoms with Crippen molar-refractivity contribution in [3.8, 4) is 11.5 Å². The zero-order valence-corrected chi connectivity index (χ0v) is 13.4. The van der Waals surface area contributed by atoms with Crippen LogP contribution in [0.4, 0.5) is 0 Å². The van der Waals surface area contributed by atoms with Crippen LogP contribution in [0, 0.1) is 0 Å². The summed E-state index contributed by atoms with van der Waals surface area (Å²) in [7, 11) is 0. The highest BCUT2D eigenvalue weighted by molar-refractivity contribution is 7.98. The molecule has 0 atom stereocenters. The van der Waals surface area contributed by atoms with E-state index in [1.54, 1.807) is 11.8 Å². The molecule has 2 rings (SSSR count). The SMILES string of the molecule is CSc1ccccc1OCCOc1ccccc1C(N)=S. The molecule has 0 amide bonds. The van der Waals surface area contributed by atoms with Crippen LogP contribution in [0.3, 0.4) is 0 Å². The molecule has 3 nitrogen and oxygen atoms in total. The van der Waals surface area contributed by atoms with E-state index in [1.165, 1.54) is 0 Å². The van der Waals surface area contributed by atoms with Crippen molar-refractivity contribution in [2.24, 2.45) is 5.73 Å². The summed E-state index contributed by atoms with van der Waals surface area (Å²) in [6, 6.07) is 15.4. The molecule has 0 aromatic heterocycles. The van der Waals surface area contributed by atoms with Gasteiger partial charge in [0.25, 0.3) is 0 Å². The highest BCUT2D eigenvalue weighted by Crippen LogP contribution is 2.26. The van der Waals surface area contributed by atoms with Crippen molar-refractivity contribution in [3.05, 3.63) is 54.1 Å². The lowest BCUT2D eigenvalue weighted by Crippen LogP contribution is -2.14. The van der Waals surface area contributed by atoms with Gasteiger partial charge in [-0.2, -0.15) is 0 Å². The van der Waals surface area contributed by atoms with Crippen molar-refractivity contribution in [1.82, 2.24) is 0 Å². The van der Waals surface area contributed by atoms with Gasteiger partial charge in [0.05, 0.1) is 5.56 Å². The Kier molecular flexibility index (Phi) is 5.90. The molecule has 2 N–H and O–H groups in total. The molecular formula is C16H17NO2S2. The Balaban J connectivity index is 1.89. The summed E-state index contributed by atoms with van der Waals surface area (Å²) >= 11 is 6.66. The topological polar surface area (TPSA) is 44.5 Å². The number of para-hydroxylation sites is 2. The van der Waals surface area contributed by atoms with E-state index in [0.29, 0.717) is 24.0 Å². The van der Waals surface area contributed by atoms with Crippen molar-refractivity contribution < 1.29 is 9.47 Å². The second-order valence-corrected chi connectivity index (χ2v) is 5.50. The van der Waals surface area contributed by atoms with Crippen LogP contribution < -0.4 is 15.2 Å². The Bertz CT molecular complexity index is 617. The fourth-order valence-corrected chi connectivity index (χ4v) is 2.55. The summed E-state index contributed by atoms with van der Waals surface area (Å²) in [5.41, 5.74) is 6.41. The van der Waals surface area contributed by atoms with E-state index in [0.717, 1.165) is 16.2 Å². The molecular weight excluding hydrogens is 302 g/mol. The molecule has 110 valence electrons. The van der Waals surface area contributed by atoms with Crippen molar-refractivity contribution in [3.63, 3.8) is 0 Å². The highest BCUT2D eigenvalue weighted by Gasteiger charge is 2.06. The van der Waals surface area contributed by atoms with Crippen LogP contribution in [0.25, 0.3) is 0 Å². The van der Waals surface area contributed by atoms with Gasteiger partial charge < -0.3 is 15.2 Å². The van der Waals surface area contributed by atoms with Gasteiger partial charge in [-0.1, -0.05) is 36.5 Å². The number of thioether (sulfide) groups is 1. The van der Waals surface area contributed by atoms with Gasteiger partial charge >= 0.3 is 0 Å². The minimum atomic E-state index is 0.333. The second-order valence-electron chi connectivity index (χ2n) is 4.21. The zero-order valence-electron chi connectivity index (χ0n) is 11.7. The van der Waals surface area contributed by atoms with E-state index in [-0.39, 0.29) is 0 Å². The van der Waals surface area contributed by atoms with E-state index >= 15 is 0 Å². The predicted octanol–water partition coefficient (Wildman–Crippen LogP) is 3.50. The molecule has 0 aliphatic rings. The van der Waals surface area contributed by atoms with Gasteiger partial charge in [0.15, 0.2) is 0 Å². The number of thiocarbonyl (C=S) groups is 1. The van der Waals surface area contributed by atoms with Crippen LogP contribution in [0.1, 0.15) is 5.56 Å². The molecule has 21 heavy (non-hydrogen) atoms. The van der Waals surface area contributed by atoms with E-state index < -0.39 is 0 Å². The average Bonchev–Trinajstić information content (AvgIpc) is 2.52. The molecule has 5 heteroatoms. The van der Waals surface area contributed by atoms with Crippen molar-refractivity contribution in [2.75, 3.05) is 19.5 Å². The third-order valence-electron chi connectivity index (χ3n) is 2.82. The van der Waals surface area contributed by atoms with Gasteiger partial charge in [-0.05, 0) is 30.5 Å². The minimum absolute atomic E-state index is 0.333. The monoisotopic (exact) mass is 319 g/mol. The molecule has 0 spiro atoms. The maximum absolute atomic E-state index is 5.74. The van der Waals surface area contributed by atoms with E-state index in [4.69, 9.17) is 27.4 Å². The second kappa shape index (κ2) is 7.90. The fraction of sp³-hybridized carbons (Fsp3) is 0.188. The maximum atomic E-state index is 5.74. The first-order chi connectivity index (χ1) is 10.2. The summed E-state index contributed by atoms with van der Waals surface area (Å²) in [6.07, 6.45) is 2.02. The van der Waals surface area contributed by atoms with Crippen LogP contribution in [-0.4, -0.2) is 24.5 Å². The molecule has 0 aliphatic carbocycles. The number of hydrogen-bond donors (Lipinski definition) is 1. The Morgan fingerprint density at radius 2 is 1.57 bits per heavy atom. The molecule has 0 radical (unpaired) electrons. The Labute approximate surface area is 134 Å². The molecule has 0 bridgehead atoms. The van der Waals surface area contributed by atoms with Gasteiger partial charge in [0.2, 0.25) is 0 Å². The van der Waals surface area contributed by atoms with Gasteiger partial charge in [0.1, 0.15) is 29.7 Å². The van der Waals surface area contributed by atoms with E-state index in [9.17, 15) is 0 Å². The number of benzene rings is 2. The average molecular weight is 319 g/mol. The lowest BCUT2D eigenvalue weighted by Gasteiger charge is -2.12. The lowest BCUT2D eigenvalue weighted by atomic mass is 10.2. The molecule has 0 fully saturated rings. The largest absolute Gasteiger partial charge is 0.489 e. The molecule has 2 aromatic rings. The number of nitrogens with two attached hydrogens (primary N) is 1. The van der Waals surface area contributed by atoms with Gasteiger partial charge in [-0.25, -0.2) is 0 Å². The summed E-state index contributed by atoms with van der Waals surface area (Å²) in [4.78, 5) is 1.44. The molecule has 0 saturated heterocycles. The predicted molar refractivity (Wildman–Crippen MR) is 91.5 cm³/mol. The van der Waals surface area contributed by atoms with Gasteiger partial charge in [-0.3, -0.25) is 0 Å². The van der Waals surface area contributed by atoms with Crippen LogP contribution in [0.2, 0.25) is 0 Å². The molecule has 0 aliphatic heterocycles. The maximum Gasteiger partial charge on any atom is 0.133 e. The molecule has 0 saturated carbocycles. The normalized spacial score (nSPS) is 10.1. The first-order valence-corrected chi connectivity index (χ1v) is 8.13. The number of hydrogen-bond acceptors (Lipinski definition) is 4. The van der Waals surface area contributed by atoms with Crippen LogP contribution >= 0.6 is 24.0 Å². The lowest BCUT2D eigenvalue weighted by molar-refractivity contribution is 0.214.